The third kappa shape index (κ3) is 1.89. The van der Waals surface area contributed by atoms with E-state index in [0.717, 1.165) is 0 Å². The lowest BCUT2D eigenvalue weighted by molar-refractivity contribution is -0.139. The number of nitrogens with one attached hydrogen (secondary N) is 1. The van der Waals surface area contributed by atoms with E-state index in [1.54, 1.807) is 6.20 Å². The highest BCUT2D eigenvalue weighted by molar-refractivity contribution is 5.73. The monoisotopic (exact) mass is 209 g/mol. The van der Waals surface area contributed by atoms with Crippen molar-refractivity contribution in [1.29, 1.82) is 0 Å². The SMILES string of the molecule is O=Cc1cn2c(n1)CNC(C(=O)O)CC2. The molecule has 1 unspecified atom stereocenters. The number of aliphatic carboxylic acids is 1. The summed E-state index contributed by atoms with van der Waals surface area (Å²) < 4.78 is 1.82. The van der Waals surface area contributed by atoms with Crippen LogP contribution >= 0.6 is 0 Å². The maximum atomic E-state index is 10.8. The fourth-order valence-corrected chi connectivity index (χ4v) is 1.66. The highest BCUT2D eigenvalue weighted by atomic mass is 16.4. The average molecular weight is 209 g/mol. The number of fused-ring (bicyclic) bond motifs is 1. The second kappa shape index (κ2) is 3.82. The number of aromatic nitrogens is 2. The average Bonchev–Trinajstić information content (AvgIpc) is 2.51. The quantitative estimate of drug-likeness (QED) is 0.650. The molecule has 1 atom stereocenters. The van der Waals surface area contributed by atoms with E-state index in [1.165, 1.54) is 0 Å². The van der Waals surface area contributed by atoms with Gasteiger partial charge in [-0.2, -0.15) is 0 Å². The van der Waals surface area contributed by atoms with Crippen molar-refractivity contribution in [3.8, 4) is 0 Å². The number of carbonyl (C=O) groups is 2. The van der Waals surface area contributed by atoms with Crippen LogP contribution in [0, 0.1) is 0 Å². The second-order valence-electron chi connectivity index (χ2n) is 3.45. The van der Waals surface area contributed by atoms with Crippen LogP contribution in [-0.2, 0) is 17.9 Å². The standard InChI is InChI=1S/C9H11N3O3/c13-5-6-4-12-2-1-7(9(14)15)10-3-8(12)11-6/h4-5,7,10H,1-3H2,(H,14,15). The Morgan fingerprint density at radius 3 is 3.20 bits per heavy atom. The molecule has 2 rings (SSSR count). The van der Waals surface area contributed by atoms with Gasteiger partial charge in [-0.3, -0.25) is 14.9 Å². The third-order valence-corrected chi connectivity index (χ3v) is 2.46. The predicted molar refractivity (Wildman–Crippen MR) is 50.5 cm³/mol. The van der Waals surface area contributed by atoms with Crippen LogP contribution in [0.2, 0.25) is 0 Å². The smallest absolute Gasteiger partial charge is 0.320 e. The van der Waals surface area contributed by atoms with Crippen molar-refractivity contribution in [2.45, 2.75) is 25.6 Å². The van der Waals surface area contributed by atoms with Crippen LogP contribution in [0.5, 0.6) is 0 Å². The molecule has 15 heavy (non-hydrogen) atoms. The van der Waals surface area contributed by atoms with E-state index < -0.39 is 12.0 Å². The number of imidazole rings is 1. The van der Waals surface area contributed by atoms with Crippen molar-refractivity contribution in [2.75, 3.05) is 0 Å². The molecular formula is C9H11N3O3. The van der Waals surface area contributed by atoms with E-state index in [-0.39, 0.29) is 0 Å². The van der Waals surface area contributed by atoms with Gasteiger partial charge in [0.05, 0.1) is 6.54 Å². The molecule has 0 bridgehead atoms. The number of rotatable bonds is 2. The Balaban J connectivity index is 2.17. The van der Waals surface area contributed by atoms with Gasteiger partial charge in [0.15, 0.2) is 6.29 Å². The van der Waals surface area contributed by atoms with Gasteiger partial charge < -0.3 is 9.67 Å². The molecule has 0 saturated carbocycles. The molecule has 0 saturated heterocycles. The van der Waals surface area contributed by atoms with E-state index in [1.807, 2.05) is 4.57 Å². The minimum Gasteiger partial charge on any atom is -0.480 e. The highest BCUT2D eigenvalue weighted by Gasteiger charge is 2.21. The van der Waals surface area contributed by atoms with Crippen molar-refractivity contribution < 1.29 is 14.7 Å². The third-order valence-electron chi connectivity index (χ3n) is 2.46. The Bertz CT molecular complexity index is 374. The first-order chi connectivity index (χ1) is 7.20. The normalized spacial score (nSPS) is 20.4. The summed E-state index contributed by atoms with van der Waals surface area (Å²) in [5.74, 6) is -0.141. The first-order valence-corrected chi connectivity index (χ1v) is 4.68. The van der Waals surface area contributed by atoms with Crippen LogP contribution < -0.4 is 5.32 Å². The fourth-order valence-electron chi connectivity index (χ4n) is 1.66. The molecule has 6 nitrogen and oxygen atoms in total. The van der Waals surface area contributed by atoms with Crippen LogP contribution in [0.25, 0.3) is 0 Å². The van der Waals surface area contributed by atoms with Crippen molar-refractivity contribution >= 4 is 12.3 Å². The van der Waals surface area contributed by atoms with E-state index in [0.29, 0.717) is 37.3 Å². The number of aryl methyl sites for hydroxylation is 1. The minimum atomic E-state index is -0.851. The molecular weight excluding hydrogens is 198 g/mol. The van der Waals surface area contributed by atoms with Crippen molar-refractivity contribution in [3.05, 3.63) is 17.7 Å². The highest BCUT2D eigenvalue weighted by Crippen LogP contribution is 2.09. The van der Waals surface area contributed by atoms with Crippen LogP contribution in [0.3, 0.4) is 0 Å². The van der Waals surface area contributed by atoms with Crippen molar-refractivity contribution in [1.82, 2.24) is 14.9 Å². The summed E-state index contributed by atoms with van der Waals surface area (Å²) in [6.45, 7) is 0.949. The number of carboxylic acid groups (broad SMARTS) is 1. The maximum Gasteiger partial charge on any atom is 0.320 e. The van der Waals surface area contributed by atoms with Gasteiger partial charge in [-0.25, -0.2) is 4.98 Å². The van der Waals surface area contributed by atoms with E-state index in [9.17, 15) is 9.59 Å². The fraction of sp³-hybridized carbons (Fsp3) is 0.444. The van der Waals surface area contributed by atoms with Gasteiger partial charge >= 0.3 is 5.97 Å². The molecule has 0 fully saturated rings. The molecule has 0 spiro atoms. The largest absolute Gasteiger partial charge is 0.480 e. The van der Waals surface area contributed by atoms with Crippen LogP contribution in [-0.4, -0.2) is 33.0 Å². The number of carboxylic acids is 1. The lowest BCUT2D eigenvalue weighted by atomic mass is 10.2. The Hall–Kier alpha value is -1.69. The van der Waals surface area contributed by atoms with Gasteiger partial charge in [-0.1, -0.05) is 0 Å². The molecule has 1 aromatic heterocycles. The van der Waals surface area contributed by atoms with Gasteiger partial charge in [0.1, 0.15) is 17.6 Å². The molecule has 0 aliphatic carbocycles. The maximum absolute atomic E-state index is 10.8. The summed E-state index contributed by atoms with van der Waals surface area (Å²) in [4.78, 5) is 25.3. The Morgan fingerprint density at radius 2 is 2.53 bits per heavy atom. The molecule has 0 amide bonds. The predicted octanol–water partition coefficient (Wildman–Crippen LogP) is -0.358. The van der Waals surface area contributed by atoms with E-state index in [4.69, 9.17) is 5.11 Å². The van der Waals surface area contributed by atoms with Crippen LogP contribution in [0.1, 0.15) is 22.7 Å². The topological polar surface area (TPSA) is 84.2 Å². The van der Waals surface area contributed by atoms with Crippen LogP contribution in [0.4, 0.5) is 0 Å². The molecule has 80 valence electrons. The molecule has 0 radical (unpaired) electrons. The Labute approximate surface area is 85.9 Å². The molecule has 2 heterocycles. The summed E-state index contributed by atoms with van der Waals surface area (Å²) in [6.07, 6.45) is 2.83. The van der Waals surface area contributed by atoms with Crippen molar-refractivity contribution in [3.63, 3.8) is 0 Å². The summed E-state index contributed by atoms with van der Waals surface area (Å²) in [5.41, 5.74) is 0.389. The lowest BCUT2D eigenvalue weighted by Gasteiger charge is -2.08. The van der Waals surface area contributed by atoms with Crippen molar-refractivity contribution in [2.24, 2.45) is 0 Å². The number of aldehydes is 1. The molecule has 0 aromatic carbocycles. The first-order valence-electron chi connectivity index (χ1n) is 4.68. The Morgan fingerprint density at radius 1 is 1.73 bits per heavy atom. The van der Waals surface area contributed by atoms with E-state index >= 15 is 0 Å². The second-order valence-corrected chi connectivity index (χ2v) is 3.45. The molecule has 2 N–H and O–H groups in total. The molecule has 1 aliphatic heterocycles. The zero-order valence-corrected chi connectivity index (χ0v) is 8.01. The van der Waals surface area contributed by atoms with Gasteiger partial charge in [0.2, 0.25) is 0 Å². The van der Waals surface area contributed by atoms with Gasteiger partial charge in [-0.15, -0.1) is 0 Å². The zero-order valence-electron chi connectivity index (χ0n) is 8.01. The summed E-state index contributed by atoms with van der Waals surface area (Å²) >= 11 is 0. The molecule has 1 aromatic rings. The summed E-state index contributed by atoms with van der Waals surface area (Å²) in [7, 11) is 0. The number of carbonyl (C=O) groups excluding carboxylic acids is 1. The summed E-state index contributed by atoms with van der Waals surface area (Å²) in [5, 5.41) is 11.7. The zero-order chi connectivity index (χ0) is 10.8. The number of nitrogens with zero attached hydrogens (tertiary/aromatic N) is 2. The molecule has 6 heteroatoms. The van der Waals surface area contributed by atoms with Gasteiger partial charge in [0.25, 0.3) is 0 Å². The number of hydrogen-bond donors (Lipinski definition) is 2. The minimum absolute atomic E-state index is 0.380. The van der Waals surface area contributed by atoms with Crippen LogP contribution in [0.15, 0.2) is 6.20 Å². The Kier molecular flexibility index (Phi) is 2.51. The van der Waals surface area contributed by atoms with Gasteiger partial charge in [-0.05, 0) is 6.42 Å². The summed E-state index contributed by atoms with van der Waals surface area (Å²) in [6, 6.07) is -0.536. The lowest BCUT2D eigenvalue weighted by Crippen LogP contribution is -2.35. The molecule has 1 aliphatic rings. The number of hydrogen-bond acceptors (Lipinski definition) is 4. The van der Waals surface area contributed by atoms with E-state index in [2.05, 4.69) is 10.3 Å². The first kappa shape index (κ1) is 9.85. The van der Waals surface area contributed by atoms with Gasteiger partial charge in [0, 0.05) is 12.7 Å².